The first-order valence-electron chi connectivity index (χ1n) is 12.4. The van der Waals surface area contributed by atoms with Crippen LogP contribution in [0.4, 0.5) is 13.2 Å². The number of hydrogen-bond acceptors (Lipinski definition) is 4. The highest BCUT2D eigenvalue weighted by atomic mass is 32.1. The van der Waals surface area contributed by atoms with E-state index in [-0.39, 0.29) is 11.1 Å². The maximum Gasteiger partial charge on any atom is 0.416 e. The van der Waals surface area contributed by atoms with Crippen molar-refractivity contribution in [2.24, 2.45) is 0 Å². The fraction of sp³-hybridized carbons (Fsp3) is 0.0645. The first-order chi connectivity index (χ1) is 19.3. The molecule has 6 aromatic rings. The summed E-state index contributed by atoms with van der Waals surface area (Å²) in [6, 6.07) is 22.3. The van der Waals surface area contributed by atoms with Gasteiger partial charge >= 0.3 is 6.18 Å². The van der Waals surface area contributed by atoms with E-state index in [9.17, 15) is 18.0 Å². The highest BCUT2D eigenvalue weighted by Crippen LogP contribution is 2.32. The smallest absolute Gasteiger partial charge is 0.268 e. The van der Waals surface area contributed by atoms with Gasteiger partial charge in [0.1, 0.15) is 0 Å². The van der Waals surface area contributed by atoms with Gasteiger partial charge in [-0.05, 0) is 48.9 Å². The zero-order valence-corrected chi connectivity index (χ0v) is 21.9. The molecule has 0 fully saturated rings. The fourth-order valence-electron chi connectivity index (χ4n) is 4.44. The summed E-state index contributed by atoms with van der Waals surface area (Å²) >= 11 is 1.30. The third kappa shape index (κ3) is 4.87. The molecule has 3 aromatic carbocycles. The van der Waals surface area contributed by atoms with E-state index in [1.165, 1.54) is 27.9 Å². The number of halogens is 3. The lowest BCUT2D eigenvalue weighted by Crippen LogP contribution is -2.17. The van der Waals surface area contributed by atoms with Crippen molar-refractivity contribution < 1.29 is 13.2 Å². The monoisotopic (exact) mass is 554 g/mol. The molecule has 40 heavy (non-hydrogen) atoms. The normalized spacial score (nSPS) is 12.0. The van der Waals surface area contributed by atoms with Crippen LogP contribution >= 0.6 is 11.3 Å². The maximum atomic E-state index is 13.5. The molecule has 5 nitrogen and oxygen atoms in total. The van der Waals surface area contributed by atoms with Crippen molar-refractivity contribution in [3.05, 3.63) is 129 Å². The molecule has 0 saturated carbocycles. The van der Waals surface area contributed by atoms with Crippen LogP contribution in [0.5, 0.6) is 0 Å². The highest BCUT2D eigenvalue weighted by molar-refractivity contribution is 7.15. The molecule has 9 heteroatoms. The molecule has 198 valence electrons. The summed E-state index contributed by atoms with van der Waals surface area (Å²) < 4.78 is 42.7. The van der Waals surface area contributed by atoms with Crippen molar-refractivity contribution in [3.63, 3.8) is 0 Å². The van der Waals surface area contributed by atoms with Gasteiger partial charge in [-0.15, -0.1) is 11.3 Å². The van der Waals surface area contributed by atoms with Gasteiger partial charge in [0.15, 0.2) is 4.96 Å². The van der Waals surface area contributed by atoms with Gasteiger partial charge in [0, 0.05) is 28.9 Å². The Morgan fingerprint density at radius 1 is 0.875 bits per heavy atom. The van der Waals surface area contributed by atoms with Gasteiger partial charge in [0.05, 0.1) is 28.2 Å². The Kier molecular flexibility index (Phi) is 6.43. The van der Waals surface area contributed by atoms with Gasteiger partial charge in [0.2, 0.25) is 0 Å². The summed E-state index contributed by atoms with van der Waals surface area (Å²) in [5.41, 5.74) is 4.25. The van der Waals surface area contributed by atoms with Crippen molar-refractivity contribution >= 4 is 28.4 Å². The van der Waals surface area contributed by atoms with Crippen LogP contribution in [0, 0.1) is 6.92 Å². The molecule has 3 aromatic heterocycles. The number of rotatable bonds is 5. The lowest BCUT2D eigenvalue weighted by Gasteiger charge is -2.09. The van der Waals surface area contributed by atoms with E-state index < -0.39 is 11.7 Å². The largest absolute Gasteiger partial charge is 0.416 e. The molecule has 0 atom stereocenters. The topological polar surface area (TPSA) is 52.2 Å². The molecular formula is C31H21F3N4OS. The number of aromatic nitrogens is 4. The molecule has 0 amide bonds. The number of benzene rings is 3. The molecule has 0 unspecified atom stereocenters. The quantitative estimate of drug-likeness (QED) is 0.219. The zero-order chi connectivity index (χ0) is 27.9. The van der Waals surface area contributed by atoms with E-state index in [0.29, 0.717) is 16.2 Å². The van der Waals surface area contributed by atoms with Gasteiger partial charge in [0.25, 0.3) is 5.56 Å². The molecule has 0 aliphatic heterocycles. The van der Waals surface area contributed by atoms with Crippen LogP contribution in [-0.4, -0.2) is 19.2 Å². The van der Waals surface area contributed by atoms with Gasteiger partial charge in [-0.2, -0.15) is 18.3 Å². The third-order valence-corrected chi connectivity index (χ3v) is 7.26. The number of aryl methyl sites for hydroxylation is 1. The summed E-state index contributed by atoms with van der Waals surface area (Å²) in [5.74, 6) is 0. The van der Waals surface area contributed by atoms with Crippen LogP contribution in [0.2, 0.25) is 0 Å². The lowest BCUT2D eigenvalue weighted by atomic mass is 10.0. The number of thiazole rings is 1. The molecule has 0 radical (unpaired) electrons. The molecule has 0 aliphatic rings. The summed E-state index contributed by atoms with van der Waals surface area (Å²) in [7, 11) is 0. The number of hydrogen-bond donors (Lipinski definition) is 0. The minimum Gasteiger partial charge on any atom is -0.268 e. The Balaban J connectivity index is 1.49. The number of nitrogens with zero attached hydrogens (tertiary/aromatic N) is 4. The first kappa shape index (κ1) is 25.5. The molecule has 0 spiro atoms. The van der Waals surface area contributed by atoms with Crippen molar-refractivity contribution in [3.8, 4) is 28.1 Å². The van der Waals surface area contributed by atoms with Crippen LogP contribution in [0.3, 0.4) is 0 Å². The maximum absolute atomic E-state index is 13.5. The highest BCUT2D eigenvalue weighted by Gasteiger charge is 2.30. The Morgan fingerprint density at radius 2 is 1.57 bits per heavy atom. The van der Waals surface area contributed by atoms with Crippen molar-refractivity contribution in [2.45, 2.75) is 13.1 Å². The van der Waals surface area contributed by atoms with Gasteiger partial charge in [-0.1, -0.05) is 60.2 Å². The standard InChI is InChI=1S/C31H21F3N4OS/c1-20-7-9-22(10-8-20)28-23(19-38(36-28)25-5-3-2-4-6-25)13-16-26-27(29(39)37-17-18-40-30(37)35-26)21-11-14-24(15-12-21)31(32,33)34/h2-19H,1H3/b16-13+. The van der Waals surface area contributed by atoms with Crippen molar-refractivity contribution in [1.29, 1.82) is 0 Å². The molecule has 6 rings (SSSR count). The van der Waals surface area contributed by atoms with Crippen LogP contribution in [-0.2, 0) is 6.18 Å². The van der Waals surface area contributed by atoms with E-state index in [2.05, 4.69) is 4.98 Å². The second-order valence-electron chi connectivity index (χ2n) is 9.22. The van der Waals surface area contributed by atoms with E-state index in [1.54, 1.807) is 22.3 Å². The fourth-order valence-corrected chi connectivity index (χ4v) is 5.15. The first-order valence-corrected chi connectivity index (χ1v) is 13.2. The zero-order valence-electron chi connectivity index (χ0n) is 21.1. The Hall–Kier alpha value is -4.76. The second-order valence-corrected chi connectivity index (χ2v) is 10.1. The average Bonchev–Trinajstić information content (AvgIpc) is 3.60. The molecular weight excluding hydrogens is 533 g/mol. The number of alkyl halides is 3. The molecule has 3 heterocycles. The average molecular weight is 555 g/mol. The number of fused-ring (bicyclic) bond motifs is 1. The molecule has 0 aliphatic carbocycles. The minimum absolute atomic E-state index is 0.216. The molecule has 0 bridgehead atoms. The van der Waals surface area contributed by atoms with Gasteiger partial charge in [-0.3, -0.25) is 9.20 Å². The second kappa shape index (κ2) is 10.1. The summed E-state index contributed by atoms with van der Waals surface area (Å²) in [6.07, 6.45) is 2.58. The third-order valence-electron chi connectivity index (χ3n) is 6.50. The summed E-state index contributed by atoms with van der Waals surface area (Å²) in [4.78, 5) is 18.6. The van der Waals surface area contributed by atoms with E-state index in [0.717, 1.165) is 40.2 Å². The van der Waals surface area contributed by atoms with Gasteiger partial charge in [-0.25, -0.2) is 9.67 Å². The van der Waals surface area contributed by atoms with Crippen molar-refractivity contribution in [2.75, 3.05) is 0 Å². The Labute approximate surface area is 231 Å². The molecule has 0 N–H and O–H groups in total. The minimum atomic E-state index is -4.48. The van der Waals surface area contributed by atoms with Crippen LogP contribution < -0.4 is 5.56 Å². The van der Waals surface area contributed by atoms with Crippen LogP contribution in [0.1, 0.15) is 22.4 Å². The van der Waals surface area contributed by atoms with Gasteiger partial charge < -0.3 is 0 Å². The van der Waals surface area contributed by atoms with E-state index in [1.807, 2.05) is 73.8 Å². The Bertz CT molecular complexity index is 1900. The predicted octanol–water partition coefficient (Wildman–Crippen LogP) is 7.77. The number of para-hydroxylation sites is 1. The van der Waals surface area contributed by atoms with Crippen LogP contribution in [0.25, 0.3) is 45.2 Å². The lowest BCUT2D eigenvalue weighted by molar-refractivity contribution is -0.137. The SMILES string of the molecule is Cc1ccc(-c2nn(-c3ccccc3)cc2/C=C/c2nc3sccn3c(=O)c2-c2ccc(C(F)(F)F)cc2)cc1. The van der Waals surface area contributed by atoms with Crippen LogP contribution in [0.15, 0.2) is 101 Å². The summed E-state index contributed by atoms with van der Waals surface area (Å²) in [5, 5.41) is 6.58. The summed E-state index contributed by atoms with van der Waals surface area (Å²) in [6.45, 7) is 2.01. The van der Waals surface area contributed by atoms with E-state index in [4.69, 9.17) is 5.10 Å². The Morgan fingerprint density at radius 3 is 2.27 bits per heavy atom. The predicted molar refractivity (Wildman–Crippen MR) is 152 cm³/mol. The van der Waals surface area contributed by atoms with E-state index >= 15 is 0 Å². The molecule has 0 saturated heterocycles. The van der Waals surface area contributed by atoms with Crippen molar-refractivity contribution in [1.82, 2.24) is 19.2 Å².